The van der Waals surface area contributed by atoms with Gasteiger partial charge in [0.25, 0.3) is 5.91 Å². The fraction of sp³-hybridized carbons (Fsp3) is 0.727. The van der Waals surface area contributed by atoms with Gasteiger partial charge in [0.15, 0.2) is 0 Å². The standard InChI is InChI=1S/C11H17N3O2/c1-2-14(7-8-3-4-8)11(16)9-5-6-10(15)13-12-9/h8H,2-7H2,1H3,(H,13,15). The van der Waals surface area contributed by atoms with Crippen LogP contribution in [0.1, 0.15) is 32.6 Å². The first kappa shape index (κ1) is 11.1. The first-order valence-corrected chi connectivity index (χ1v) is 5.85. The molecule has 2 rings (SSSR count). The molecule has 0 saturated heterocycles. The Morgan fingerprint density at radius 2 is 2.25 bits per heavy atom. The van der Waals surface area contributed by atoms with E-state index < -0.39 is 0 Å². The lowest BCUT2D eigenvalue weighted by Crippen LogP contribution is -2.41. The highest BCUT2D eigenvalue weighted by Crippen LogP contribution is 2.29. The van der Waals surface area contributed by atoms with Gasteiger partial charge in [0.1, 0.15) is 5.71 Å². The number of carbonyl (C=O) groups is 2. The van der Waals surface area contributed by atoms with Crippen LogP contribution in [0.15, 0.2) is 5.10 Å². The van der Waals surface area contributed by atoms with Gasteiger partial charge in [-0.3, -0.25) is 9.59 Å². The quantitative estimate of drug-likeness (QED) is 0.755. The van der Waals surface area contributed by atoms with Crippen LogP contribution >= 0.6 is 0 Å². The first-order chi connectivity index (χ1) is 7.70. The van der Waals surface area contributed by atoms with E-state index in [2.05, 4.69) is 10.5 Å². The van der Waals surface area contributed by atoms with E-state index in [1.165, 1.54) is 12.8 Å². The average Bonchev–Trinajstić information content (AvgIpc) is 3.10. The third-order valence-electron chi connectivity index (χ3n) is 3.00. The number of hydrazone groups is 1. The number of rotatable bonds is 4. The lowest BCUT2D eigenvalue weighted by Gasteiger charge is -2.22. The summed E-state index contributed by atoms with van der Waals surface area (Å²) in [5, 5.41) is 3.83. The van der Waals surface area contributed by atoms with Gasteiger partial charge in [0, 0.05) is 25.9 Å². The summed E-state index contributed by atoms with van der Waals surface area (Å²) in [4.78, 5) is 24.8. The van der Waals surface area contributed by atoms with Crippen molar-refractivity contribution >= 4 is 17.5 Å². The minimum atomic E-state index is -0.109. The fourth-order valence-corrected chi connectivity index (χ4v) is 1.78. The lowest BCUT2D eigenvalue weighted by atomic mass is 10.1. The smallest absolute Gasteiger partial charge is 0.270 e. The van der Waals surface area contributed by atoms with Crippen molar-refractivity contribution in [2.24, 2.45) is 11.0 Å². The zero-order valence-corrected chi connectivity index (χ0v) is 9.53. The van der Waals surface area contributed by atoms with Gasteiger partial charge in [-0.25, -0.2) is 5.43 Å². The van der Waals surface area contributed by atoms with Crippen molar-refractivity contribution in [1.29, 1.82) is 0 Å². The second kappa shape index (κ2) is 4.63. The van der Waals surface area contributed by atoms with Crippen LogP contribution in [0.2, 0.25) is 0 Å². The van der Waals surface area contributed by atoms with Gasteiger partial charge in [-0.2, -0.15) is 5.10 Å². The summed E-state index contributed by atoms with van der Waals surface area (Å²) in [6.45, 7) is 3.52. The van der Waals surface area contributed by atoms with Gasteiger partial charge < -0.3 is 4.90 Å². The highest BCUT2D eigenvalue weighted by Gasteiger charge is 2.28. The Hall–Kier alpha value is -1.39. The van der Waals surface area contributed by atoms with E-state index in [1.54, 1.807) is 0 Å². The molecule has 1 saturated carbocycles. The van der Waals surface area contributed by atoms with Gasteiger partial charge in [-0.05, 0) is 25.7 Å². The molecule has 88 valence electrons. The fourth-order valence-electron chi connectivity index (χ4n) is 1.78. The molecule has 0 spiro atoms. The largest absolute Gasteiger partial charge is 0.338 e. The van der Waals surface area contributed by atoms with Gasteiger partial charge in [-0.15, -0.1) is 0 Å². The Morgan fingerprint density at radius 1 is 1.50 bits per heavy atom. The minimum absolute atomic E-state index is 0.0191. The lowest BCUT2D eigenvalue weighted by molar-refractivity contribution is -0.124. The Bertz CT molecular complexity index is 334. The summed E-state index contributed by atoms with van der Waals surface area (Å²) in [5.74, 6) is 0.555. The molecule has 1 aliphatic heterocycles. The molecular weight excluding hydrogens is 206 g/mol. The number of hydrogen-bond donors (Lipinski definition) is 1. The van der Waals surface area contributed by atoms with Crippen molar-refractivity contribution < 1.29 is 9.59 Å². The van der Waals surface area contributed by atoms with Crippen LogP contribution in [-0.2, 0) is 9.59 Å². The summed E-state index contributed by atoms with van der Waals surface area (Å²) in [6, 6.07) is 0. The molecule has 5 nitrogen and oxygen atoms in total. The van der Waals surface area contributed by atoms with Crippen LogP contribution in [0.25, 0.3) is 0 Å². The minimum Gasteiger partial charge on any atom is -0.338 e. The molecule has 2 amide bonds. The van der Waals surface area contributed by atoms with Crippen molar-refractivity contribution in [1.82, 2.24) is 10.3 Å². The Morgan fingerprint density at radius 3 is 2.75 bits per heavy atom. The average molecular weight is 223 g/mol. The van der Waals surface area contributed by atoms with Crippen LogP contribution < -0.4 is 5.43 Å². The maximum Gasteiger partial charge on any atom is 0.270 e. The van der Waals surface area contributed by atoms with E-state index in [1.807, 2.05) is 11.8 Å². The zero-order valence-electron chi connectivity index (χ0n) is 9.53. The summed E-state index contributed by atoms with van der Waals surface area (Å²) >= 11 is 0. The molecule has 1 fully saturated rings. The number of amides is 2. The molecular formula is C11H17N3O2. The third-order valence-corrected chi connectivity index (χ3v) is 3.00. The van der Waals surface area contributed by atoms with Gasteiger partial charge in [0.2, 0.25) is 5.91 Å². The van der Waals surface area contributed by atoms with Gasteiger partial charge >= 0.3 is 0 Å². The maximum absolute atomic E-state index is 12.0. The van der Waals surface area contributed by atoms with Gasteiger partial charge in [0.05, 0.1) is 0 Å². The Labute approximate surface area is 94.9 Å². The molecule has 16 heavy (non-hydrogen) atoms. The van der Waals surface area contributed by atoms with Crippen LogP contribution in [0.5, 0.6) is 0 Å². The highest BCUT2D eigenvalue weighted by atomic mass is 16.2. The molecule has 2 aliphatic rings. The second-order valence-corrected chi connectivity index (χ2v) is 4.38. The predicted octanol–water partition coefficient (Wildman–Crippen LogP) is 0.511. The predicted molar refractivity (Wildman–Crippen MR) is 59.8 cm³/mol. The molecule has 1 heterocycles. The van der Waals surface area contributed by atoms with Gasteiger partial charge in [-0.1, -0.05) is 0 Å². The molecule has 1 aliphatic carbocycles. The van der Waals surface area contributed by atoms with E-state index in [-0.39, 0.29) is 11.8 Å². The van der Waals surface area contributed by atoms with Crippen molar-refractivity contribution in [3.05, 3.63) is 0 Å². The summed E-state index contributed by atoms with van der Waals surface area (Å²) in [6.07, 6.45) is 3.29. The van der Waals surface area contributed by atoms with E-state index in [0.29, 0.717) is 31.0 Å². The number of hydrogen-bond acceptors (Lipinski definition) is 3. The van der Waals surface area contributed by atoms with Crippen LogP contribution in [0.3, 0.4) is 0 Å². The van der Waals surface area contributed by atoms with Crippen molar-refractivity contribution in [3.8, 4) is 0 Å². The number of nitrogens with zero attached hydrogens (tertiary/aromatic N) is 2. The molecule has 0 radical (unpaired) electrons. The number of nitrogens with one attached hydrogen (secondary N) is 1. The molecule has 5 heteroatoms. The molecule has 0 aromatic rings. The van der Waals surface area contributed by atoms with Crippen molar-refractivity contribution in [2.75, 3.05) is 13.1 Å². The van der Waals surface area contributed by atoms with E-state index in [9.17, 15) is 9.59 Å². The molecule has 0 aromatic heterocycles. The van der Waals surface area contributed by atoms with Crippen LogP contribution in [0.4, 0.5) is 0 Å². The van der Waals surface area contributed by atoms with Crippen molar-refractivity contribution in [3.63, 3.8) is 0 Å². The second-order valence-electron chi connectivity index (χ2n) is 4.38. The SMILES string of the molecule is CCN(CC1CC1)C(=O)C1=NNC(=O)CC1. The van der Waals surface area contributed by atoms with E-state index >= 15 is 0 Å². The van der Waals surface area contributed by atoms with E-state index in [0.717, 1.165) is 6.54 Å². The normalized spacial score (nSPS) is 20.1. The molecule has 1 N–H and O–H groups in total. The molecule has 0 atom stereocenters. The Balaban J connectivity index is 1.95. The molecule has 0 unspecified atom stereocenters. The summed E-state index contributed by atoms with van der Waals surface area (Å²) < 4.78 is 0. The maximum atomic E-state index is 12.0. The first-order valence-electron chi connectivity index (χ1n) is 5.85. The monoisotopic (exact) mass is 223 g/mol. The van der Waals surface area contributed by atoms with Crippen molar-refractivity contribution in [2.45, 2.75) is 32.6 Å². The Kier molecular flexibility index (Phi) is 3.22. The van der Waals surface area contributed by atoms with Crippen LogP contribution in [-0.4, -0.2) is 35.5 Å². The summed E-state index contributed by atoms with van der Waals surface area (Å²) in [5.41, 5.74) is 2.85. The third kappa shape index (κ3) is 2.59. The molecule has 0 bridgehead atoms. The van der Waals surface area contributed by atoms with E-state index in [4.69, 9.17) is 0 Å². The topological polar surface area (TPSA) is 61.8 Å². The summed E-state index contributed by atoms with van der Waals surface area (Å²) in [7, 11) is 0. The number of carbonyl (C=O) groups excluding carboxylic acids is 2. The van der Waals surface area contributed by atoms with Crippen LogP contribution in [0, 0.1) is 5.92 Å². The molecule has 0 aromatic carbocycles. The highest BCUT2D eigenvalue weighted by molar-refractivity contribution is 6.39. The zero-order chi connectivity index (χ0) is 11.5.